The Hall–Kier alpha value is -0.720. The fraction of sp³-hybridized carbons (Fsp3) is 0.556. The quantitative estimate of drug-likeness (QED) is 0.531. The van der Waals surface area contributed by atoms with Crippen molar-refractivity contribution in [1.29, 1.82) is 0 Å². The van der Waals surface area contributed by atoms with Crippen LogP contribution in [0, 0.1) is 12.1 Å². The molecule has 0 saturated heterocycles. The van der Waals surface area contributed by atoms with Crippen LogP contribution in [0.4, 0.5) is 0 Å². The van der Waals surface area contributed by atoms with Crippen molar-refractivity contribution in [3.63, 3.8) is 0 Å². The fourth-order valence-corrected chi connectivity index (χ4v) is 1.65. The second-order valence-corrected chi connectivity index (χ2v) is 2.97. The van der Waals surface area contributed by atoms with E-state index in [1.165, 1.54) is 24.8 Å². The van der Waals surface area contributed by atoms with E-state index in [-0.39, 0.29) is 0 Å². The Labute approximate surface area is 61.8 Å². The number of rotatable bonds is 0. The third-order valence-electron chi connectivity index (χ3n) is 2.27. The average Bonchev–Trinajstić information content (AvgIpc) is 2.05. The molecule has 53 valence electrons. The Morgan fingerprint density at radius 2 is 2.50 bits per heavy atom. The van der Waals surface area contributed by atoms with Crippen molar-refractivity contribution in [2.24, 2.45) is 5.92 Å². The summed E-state index contributed by atoms with van der Waals surface area (Å²) >= 11 is 0. The molecule has 1 heteroatoms. The van der Waals surface area contributed by atoms with Crippen LogP contribution in [0.15, 0.2) is 17.7 Å². The maximum absolute atomic E-state index is 3.20. The maximum Gasteiger partial charge on any atom is 0.0614 e. The van der Waals surface area contributed by atoms with E-state index in [9.17, 15) is 0 Å². The lowest BCUT2D eigenvalue weighted by atomic mass is 9.86. The number of hydrogen-bond donors (Lipinski definition) is 1. The van der Waals surface area contributed by atoms with Gasteiger partial charge in [0, 0.05) is 6.54 Å². The molecule has 1 N–H and O–H groups in total. The zero-order valence-electron chi connectivity index (χ0n) is 6.06. The number of fused-ring (bicyclic) bond motifs is 1. The summed E-state index contributed by atoms with van der Waals surface area (Å²) in [5, 5.41) is 3.15. The van der Waals surface area contributed by atoms with Crippen LogP contribution in [0.5, 0.6) is 0 Å². The van der Waals surface area contributed by atoms with E-state index in [2.05, 4.69) is 23.7 Å². The lowest BCUT2D eigenvalue weighted by molar-refractivity contribution is 0.479. The molecule has 0 saturated carbocycles. The molecule has 10 heavy (non-hydrogen) atoms. The molecule has 0 bridgehead atoms. The van der Waals surface area contributed by atoms with Crippen molar-refractivity contribution in [2.75, 3.05) is 6.54 Å². The fourth-order valence-electron chi connectivity index (χ4n) is 1.65. The summed E-state index contributed by atoms with van der Waals surface area (Å²) in [7, 11) is 0. The molecule has 0 fully saturated rings. The average molecular weight is 134 g/mol. The van der Waals surface area contributed by atoms with Gasteiger partial charge >= 0.3 is 0 Å². The van der Waals surface area contributed by atoms with Crippen LogP contribution in [0.3, 0.4) is 0 Å². The van der Waals surface area contributed by atoms with Crippen LogP contribution < -0.4 is 5.32 Å². The standard InChI is InChI=1S/C9H12N/c1-2-4-9-7-10-6-5-8(9)3-1/h2,4,8,10H,1,3,5-6H2. The number of allylic oxidation sites excluding steroid dienone is 3. The van der Waals surface area contributed by atoms with Gasteiger partial charge in [-0.25, -0.2) is 0 Å². The molecule has 1 aliphatic heterocycles. The van der Waals surface area contributed by atoms with Gasteiger partial charge < -0.3 is 5.32 Å². The first-order valence-electron chi connectivity index (χ1n) is 3.99. The topological polar surface area (TPSA) is 12.0 Å². The molecule has 0 aromatic heterocycles. The normalized spacial score (nSPS) is 30.4. The Kier molecular flexibility index (Phi) is 1.50. The van der Waals surface area contributed by atoms with Crippen LogP contribution in [-0.4, -0.2) is 6.54 Å². The molecule has 2 aliphatic rings. The van der Waals surface area contributed by atoms with E-state index in [0.29, 0.717) is 0 Å². The van der Waals surface area contributed by atoms with E-state index >= 15 is 0 Å². The minimum atomic E-state index is 0.811. The van der Waals surface area contributed by atoms with E-state index < -0.39 is 0 Å². The first kappa shape index (κ1) is 6.02. The molecule has 0 aromatic carbocycles. The summed E-state index contributed by atoms with van der Waals surface area (Å²) < 4.78 is 0. The van der Waals surface area contributed by atoms with Crippen LogP contribution in [0.2, 0.25) is 0 Å². The molecule has 1 aliphatic carbocycles. The van der Waals surface area contributed by atoms with Gasteiger partial charge in [0.1, 0.15) is 0 Å². The molecule has 1 atom stereocenters. The van der Waals surface area contributed by atoms with Gasteiger partial charge in [0.05, 0.1) is 6.20 Å². The predicted octanol–water partition coefficient (Wildman–Crippen LogP) is 1.63. The minimum absolute atomic E-state index is 0.811. The SMILES string of the molecule is [C]1=C2C=CCCC2CCN1. The third-order valence-corrected chi connectivity index (χ3v) is 2.27. The van der Waals surface area contributed by atoms with Gasteiger partial charge in [-0.1, -0.05) is 12.2 Å². The van der Waals surface area contributed by atoms with Crippen LogP contribution >= 0.6 is 0 Å². The van der Waals surface area contributed by atoms with Crippen LogP contribution in [0.1, 0.15) is 19.3 Å². The zero-order chi connectivity index (χ0) is 6.81. The lowest BCUT2D eigenvalue weighted by Crippen LogP contribution is -2.22. The molecule has 1 heterocycles. The molecule has 0 amide bonds. The monoisotopic (exact) mass is 134 g/mol. The highest BCUT2D eigenvalue weighted by Crippen LogP contribution is 2.27. The summed E-state index contributed by atoms with van der Waals surface area (Å²) in [6.45, 7) is 1.11. The van der Waals surface area contributed by atoms with E-state index in [0.717, 1.165) is 12.5 Å². The Bertz CT molecular complexity index is 179. The minimum Gasteiger partial charge on any atom is -0.383 e. The van der Waals surface area contributed by atoms with Crippen molar-refractivity contribution in [3.05, 3.63) is 23.9 Å². The number of nitrogens with one attached hydrogen (secondary N) is 1. The Balaban J connectivity index is 2.21. The molecule has 0 spiro atoms. The summed E-state index contributed by atoms with van der Waals surface area (Å²) in [5.74, 6) is 0.811. The second kappa shape index (κ2) is 2.49. The predicted molar refractivity (Wildman–Crippen MR) is 41.2 cm³/mol. The molecule has 2 rings (SSSR count). The summed E-state index contributed by atoms with van der Waals surface area (Å²) in [5.41, 5.74) is 1.39. The summed E-state index contributed by atoms with van der Waals surface area (Å²) in [4.78, 5) is 0. The van der Waals surface area contributed by atoms with Gasteiger partial charge in [-0.15, -0.1) is 0 Å². The van der Waals surface area contributed by atoms with E-state index in [1.807, 2.05) is 0 Å². The molecular formula is C9H12N. The lowest BCUT2D eigenvalue weighted by Gasteiger charge is -2.24. The van der Waals surface area contributed by atoms with Crippen molar-refractivity contribution in [1.82, 2.24) is 5.32 Å². The Morgan fingerprint density at radius 1 is 1.50 bits per heavy atom. The summed E-state index contributed by atoms with van der Waals surface area (Å²) in [6, 6.07) is 0. The number of hydrogen-bond acceptors (Lipinski definition) is 1. The van der Waals surface area contributed by atoms with Gasteiger partial charge in [-0.3, -0.25) is 0 Å². The molecule has 1 nitrogen and oxygen atoms in total. The van der Waals surface area contributed by atoms with Crippen molar-refractivity contribution < 1.29 is 0 Å². The van der Waals surface area contributed by atoms with Gasteiger partial charge in [-0.05, 0) is 30.8 Å². The van der Waals surface area contributed by atoms with Crippen molar-refractivity contribution in [3.8, 4) is 0 Å². The highest BCUT2D eigenvalue weighted by molar-refractivity contribution is 5.23. The third kappa shape index (κ3) is 0.962. The van der Waals surface area contributed by atoms with Gasteiger partial charge in [0.15, 0.2) is 0 Å². The van der Waals surface area contributed by atoms with Gasteiger partial charge in [0.25, 0.3) is 0 Å². The molecule has 1 unspecified atom stereocenters. The van der Waals surface area contributed by atoms with E-state index in [4.69, 9.17) is 0 Å². The molecule has 0 aromatic rings. The van der Waals surface area contributed by atoms with Gasteiger partial charge in [-0.2, -0.15) is 0 Å². The zero-order valence-corrected chi connectivity index (χ0v) is 6.06. The first-order chi connectivity index (χ1) is 4.97. The van der Waals surface area contributed by atoms with Crippen LogP contribution in [0.25, 0.3) is 0 Å². The largest absolute Gasteiger partial charge is 0.383 e. The molecule has 1 radical (unpaired) electrons. The maximum atomic E-state index is 3.20. The second-order valence-electron chi connectivity index (χ2n) is 2.97. The highest BCUT2D eigenvalue weighted by Gasteiger charge is 2.17. The van der Waals surface area contributed by atoms with Crippen molar-refractivity contribution in [2.45, 2.75) is 19.3 Å². The van der Waals surface area contributed by atoms with Gasteiger partial charge in [0.2, 0.25) is 0 Å². The highest BCUT2D eigenvalue weighted by atomic mass is 14.8. The molecular weight excluding hydrogens is 122 g/mol. The van der Waals surface area contributed by atoms with Crippen molar-refractivity contribution >= 4 is 0 Å². The Morgan fingerprint density at radius 3 is 3.40 bits per heavy atom. The van der Waals surface area contributed by atoms with Crippen LogP contribution in [-0.2, 0) is 0 Å². The first-order valence-corrected chi connectivity index (χ1v) is 3.99. The smallest absolute Gasteiger partial charge is 0.0614 e. The van der Waals surface area contributed by atoms with E-state index in [1.54, 1.807) is 0 Å². The summed E-state index contributed by atoms with van der Waals surface area (Å²) in [6.07, 6.45) is 11.5.